The molecular weight excluding hydrogens is 226 g/mol. The standard InChI is InChI=1S/C10H11N3O2S/c14-7(6-1-2-6)3-9-12-10(13-15-9)8-4-11-5-16-8/h4-7,14H,1-3H2. The Morgan fingerprint density at radius 1 is 1.56 bits per heavy atom. The minimum Gasteiger partial charge on any atom is -0.392 e. The monoisotopic (exact) mass is 237 g/mol. The van der Waals surface area contributed by atoms with Crippen LogP contribution >= 0.6 is 11.3 Å². The number of nitrogens with zero attached hydrogens (tertiary/aromatic N) is 3. The third-order valence-corrected chi connectivity index (χ3v) is 3.44. The Balaban J connectivity index is 1.72. The molecule has 0 amide bonds. The molecule has 2 heterocycles. The number of rotatable bonds is 4. The number of thiazole rings is 1. The third-order valence-electron chi connectivity index (χ3n) is 2.67. The van der Waals surface area contributed by atoms with E-state index < -0.39 is 0 Å². The molecule has 0 saturated heterocycles. The second-order valence-corrected chi connectivity index (χ2v) is 4.87. The molecule has 1 atom stereocenters. The lowest BCUT2D eigenvalue weighted by atomic mass is 10.2. The van der Waals surface area contributed by atoms with Crippen LogP contribution in [0.25, 0.3) is 10.7 Å². The molecule has 1 aliphatic carbocycles. The van der Waals surface area contributed by atoms with Crippen molar-refractivity contribution in [3.63, 3.8) is 0 Å². The summed E-state index contributed by atoms with van der Waals surface area (Å²) in [5, 5.41) is 13.6. The van der Waals surface area contributed by atoms with Crippen molar-refractivity contribution in [1.29, 1.82) is 0 Å². The topological polar surface area (TPSA) is 72.0 Å². The van der Waals surface area contributed by atoms with Crippen LogP contribution in [0.4, 0.5) is 0 Å². The van der Waals surface area contributed by atoms with Crippen LogP contribution in [0.2, 0.25) is 0 Å². The lowest BCUT2D eigenvalue weighted by Crippen LogP contribution is -2.12. The maximum atomic E-state index is 9.74. The molecule has 2 aromatic heterocycles. The highest BCUT2D eigenvalue weighted by Crippen LogP contribution is 2.34. The molecule has 2 aromatic rings. The van der Waals surface area contributed by atoms with Crippen molar-refractivity contribution in [2.45, 2.75) is 25.4 Å². The van der Waals surface area contributed by atoms with Gasteiger partial charge >= 0.3 is 0 Å². The summed E-state index contributed by atoms with van der Waals surface area (Å²) in [6, 6.07) is 0. The van der Waals surface area contributed by atoms with Crippen molar-refractivity contribution in [3.8, 4) is 10.7 Å². The smallest absolute Gasteiger partial charge is 0.229 e. The van der Waals surface area contributed by atoms with Crippen molar-refractivity contribution in [1.82, 2.24) is 15.1 Å². The molecule has 84 valence electrons. The fraction of sp³-hybridized carbons (Fsp3) is 0.500. The highest BCUT2D eigenvalue weighted by atomic mass is 32.1. The van der Waals surface area contributed by atoms with E-state index >= 15 is 0 Å². The number of aromatic nitrogens is 3. The first-order chi connectivity index (χ1) is 7.83. The van der Waals surface area contributed by atoms with Crippen LogP contribution < -0.4 is 0 Å². The zero-order valence-corrected chi connectivity index (χ0v) is 9.35. The summed E-state index contributed by atoms with van der Waals surface area (Å²) in [6.45, 7) is 0. The summed E-state index contributed by atoms with van der Waals surface area (Å²) in [4.78, 5) is 9.08. The van der Waals surface area contributed by atoms with E-state index in [-0.39, 0.29) is 6.10 Å². The highest BCUT2D eigenvalue weighted by molar-refractivity contribution is 7.13. The van der Waals surface area contributed by atoms with Gasteiger partial charge < -0.3 is 9.63 Å². The number of aliphatic hydroxyl groups is 1. The van der Waals surface area contributed by atoms with Gasteiger partial charge in [0.25, 0.3) is 0 Å². The molecule has 1 unspecified atom stereocenters. The van der Waals surface area contributed by atoms with E-state index in [1.807, 2.05) is 0 Å². The van der Waals surface area contributed by atoms with Gasteiger partial charge in [0.05, 0.1) is 22.9 Å². The maximum Gasteiger partial charge on any atom is 0.229 e. The molecule has 6 heteroatoms. The Morgan fingerprint density at radius 2 is 2.44 bits per heavy atom. The van der Waals surface area contributed by atoms with Gasteiger partial charge in [0.2, 0.25) is 11.7 Å². The molecule has 16 heavy (non-hydrogen) atoms. The van der Waals surface area contributed by atoms with Gasteiger partial charge in [0.1, 0.15) is 0 Å². The lowest BCUT2D eigenvalue weighted by Gasteiger charge is -2.03. The molecule has 0 aliphatic heterocycles. The molecular formula is C10H11N3O2S. The predicted molar refractivity (Wildman–Crippen MR) is 57.8 cm³/mol. The van der Waals surface area contributed by atoms with E-state index in [9.17, 15) is 5.11 Å². The molecule has 1 saturated carbocycles. The Morgan fingerprint density at radius 3 is 3.12 bits per heavy atom. The normalized spacial score (nSPS) is 17.6. The second kappa shape index (κ2) is 3.95. The van der Waals surface area contributed by atoms with Crippen molar-refractivity contribution in [2.75, 3.05) is 0 Å². The molecule has 3 rings (SSSR count). The van der Waals surface area contributed by atoms with Gasteiger partial charge in [-0.15, -0.1) is 11.3 Å². The van der Waals surface area contributed by atoms with Gasteiger partial charge in [0, 0.05) is 6.20 Å². The summed E-state index contributed by atoms with van der Waals surface area (Å²) in [5.41, 5.74) is 1.73. The van der Waals surface area contributed by atoms with E-state index in [1.54, 1.807) is 11.7 Å². The Bertz CT molecular complexity index is 464. The summed E-state index contributed by atoms with van der Waals surface area (Å²) >= 11 is 1.47. The SMILES string of the molecule is OC(Cc1nc(-c2cncs2)no1)C1CC1. The number of hydrogen-bond acceptors (Lipinski definition) is 6. The van der Waals surface area contributed by atoms with E-state index in [4.69, 9.17) is 4.52 Å². The van der Waals surface area contributed by atoms with E-state index in [0.717, 1.165) is 17.7 Å². The Kier molecular flexibility index (Phi) is 2.45. The number of aliphatic hydroxyl groups excluding tert-OH is 1. The van der Waals surface area contributed by atoms with Crippen LogP contribution in [0.3, 0.4) is 0 Å². The number of hydrogen-bond donors (Lipinski definition) is 1. The van der Waals surface area contributed by atoms with Gasteiger partial charge in [-0.25, -0.2) is 0 Å². The fourth-order valence-electron chi connectivity index (χ4n) is 1.59. The van der Waals surface area contributed by atoms with Crippen LogP contribution in [0.1, 0.15) is 18.7 Å². The largest absolute Gasteiger partial charge is 0.392 e. The zero-order valence-electron chi connectivity index (χ0n) is 8.54. The quantitative estimate of drug-likeness (QED) is 0.872. The van der Waals surface area contributed by atoms with Crippen molar-refractivity contribution in [3.05, 3.63) is 17.6 Å². The molecule has 5 nitrogen and oxygen atoms in total. The van der Waals surface area contributed by atoms with Gasteiger partial charge in [-0.3, -0.25) is 4.98 Å². The molecule has 0 spiro atoms. The highest BCUT2D eigenvalue weighted by Gasteiger charge is 2.31. The van der Waals surface area contributed by atoms with Gasteiger partial charge in [-0.05, 0) is 18.8 Å². The second-order valence-electron chi connectivity index (χ2n) is 3.99. The van der Waals surface area contributed by atoms with Crippen molar-refractivity contribution >= 4 is 11.3 Å². The zero-order chi connectivity index (χ0) is 11.0. The first-order valence-corrected chi connectivity index (χ1v) is 6.10. The Labute approximate surface area is 96.1 Å². The molecule has 1 N–H and O–H groups in total. The summed E-state index contributed by atoms with van der Waals surface area (Å²) in [6.07, 6.45) is 4.04. The van der Waals surface area contributed by atoms with Gasteiger partial charge in [-0.1, -0.05) is 5.16 Å². The summed E-state index contributed by atoms with van der Waals surface area (Å²) in [5.74, 6) is 1.49. The minimum atomic E-state index is -0.338. The molecule has 0 aromatic carbocycles. The lowest BCUT2D eigenvalue weighted by molar-refractivity contribution is 0.140. The first kappa shape index (κ1) is 9.92. The molecule has 1 fully saturated rings. The average Bonchev–Trinajstić information content (AvgIpc) is 2.80. The fourth-order valence-corrected chi connectivity index (χ4v) is 2.14. The van der Waals surface area contributed by atoms with Crippen LogP contribution in [0.15, 0.2) is 16.2 Å². The summed E-state index contributed by atoms with van der Waals surface area (Å²) < 4.78 is 5.09. The van der Waals surface area contributed by atoms with Crippen LogP contribution in [-0.2, 0) is 6.42 Å². The van der Waals surface area contributed by atoms with Crippen LogP contribution in [0, 0.1) is 5.92 Å². The van der Waals surface area contributed by atoms with Crippen molar-refractivity contribution < 1.29 is 9.63 Å². The van der Waals surface area contributed by atoms with Crippen LogP contribution in [0.5, 0.6) is 0 Å². The predicted octanol–water partition coefficient (Wildman–Crippen LogP) is 1.51. The van der Waals surface area contributed by atoms with E-state index in [2.05, 4.69) is 15.1 Å². The molecule has 0 bridgehead atoms. The van der Waals surface area contributed by atoms with Crippen LogP contribution in [-0.4, -0.2) is 26.3 Å². The van der Waals surface area contributed by atoms with Crippen molar-refractivity contribution in [2.24, 2.45) is 5.92 Å². The third kappa shape index (κ3) is 1.98. The average molecular weight is 237 g/mol. The van der Waals surface area contributed by atoms with E-state index in [1.165, 1.54) is 11.3 Å². The first-order valence-electron chi connectivity index (χ1n) is 5.22. The minimum absolute atomic E-state index is 0.338. The Hall–Kier alpha value is -1.27. The summed E-state index contributed by atoms with van der Waals surface area (Å²) in [7, 11) is 0. The van der Waals surface area contributed by atoms with Gasteiger partial charge in [0.15, 0.2) is 0 Å². The molecule has 1 aliphatic rings. The molecule has 0 radical (unpaired) electrons. The van der Waals surface area contributed by atoms with Gasteiger partial charge in [-0.2, -0.15) is 4.98 Å². The maximum absolute atomic E-state index is 9.74. The van der Waals surface area contributed by atoms with E-state index in [0.29, 0.717) is 24.1 Å².